The number of nitrogens with one attached hydrogen (secondary N) is 2. The molecule has 1 aliphatic heterocycles. The molecule has 27 heavy (non-hydrogen) atoms. The van der Waals surface area contributed by atoms with E-state index in [2.05, 4.69) is 34.4 Å². The van der Waals surface area contributed by atoms with E-state index in [1.165, 1.54) is 12.0 Å². The SMILES string of the molecule is CN=C(NCC1(c2ccc(F)cc2)CCC1)NCC(C)(C)N1CCOCC1. The van der Waals surface area contributed by atoms with Crippen molar-refractivity contribution >= 4 is 5.96 Å². The molecule has 0 unspecified atom stereocenters. The van der Waals surface area contributed by atoms with Crippen LogP contribution in [0.2, 0.25) is 0 Å². The lowest BCUT2D eigenvalue weighted by atomic mass is 9.64. The van der Waals surface area contributed by atoms with Gasteiger partial charge in [-0.3, -0.25) is 9.89 Å². The molecule has 0 amide bonds. The van der Waals surface area contributed by atoms with Crippen molar-refractivity contribution in [1.29, 1.82) is 0 Å². The Bertz CT molecular complexity index is 634. The summed E-state index contributed by atoms with van der Waals surface area (Å²) in [5.74, 6) is 0.647. The van der Waals surface area contributed by atoms with Crippen LogP contribution in [0.1, 0.15) is 38.7 Å². The fourth-order valence-corrected chi connectivity index (χ4v) is 4.03. The van der Waals surface area contributed by atoms with Crippen molar-refractivity contribution in [2.24, 2.45) is 4.99 Å². The van der Waals surface area contributed by atoms with E-state index in [1.807, 2.05) is 19.2 Å². The third-order valence-corrected chi connectivity index (χ3v) is 6.14. The number of guanidine groups is 1. The lowest BCUT2D eigenvalue weighted by Gasteiger charge is -2.43. The molecule has 0 radical (unpaired) electrons. The first-order valence-corrected chi connectivity index (χ1v) is 9.99. The Morgan fingerprint density at radius 1 is 1.19 bits per heavy atom. The van der Waals surface area contributed by atoms with Crippen LogP contribution in [0.3, 0.4) is 0 Å². The van der Waals surface area contributed by atoms with Crippen molar-refractivity contribution in [2.45, 2.75) is 44.1 Å². The number of hydrogen-bond donors (Lipinski definition) is 2. The monoisotopic (exact) mass is 376 g/mol. The van der Waals surface area contributed by atoms with E-state index in [4.69, 9.17) is 4.74 Å². The summed E-state index contributed by atoms with van der Waals surface area (Å²) >= 11 is 0. The number of nitrogens with zero attached hydrogens (tertiary/aromatic N) is 2. The molecule has 2 aliphatic rings. The molecular weight excluding hydrogens is 343 g/mol. The summed E-state index contributed by atoms with van der Waals surface area (Å²) in [7, 11) is 1.81. The minimum Gasteiger partial charge on any atom is -0.379 e. The highest BCUT2D eigenvalue weighted by Gasteiger charge is 2.38. The van der Waals surface area contributed by atoms with Crippen molar-refractivity contribution in [3.8, 4) is 0 Å². The first-order valence-electron chi connectivity index (χ1n) is 9.99. The van der Waals surface area contributed by atoms with Crippen LogP contribution in [0.4, 0.5) is 4.39 Å². The Hall–Kier alpha value is -1.66. The second-order valence-electron chi connectivity index (χ2n) is 8.33. The zero-order valence-corrected chi connectivity index (χ0v) is 16.9. The van der Waals surface area contributed by atoms with Crippen LogP contribution in [0.25, 0.3) is 0 Å². The predicted molar refractivity (Wildman–Crippen MR) is 108 cm³/mol. The highest BCUT2D eigenvalue weighted by molar-refractivity contribution is 5.79. The van der Waals surface area contributed by atoms with Gasteiger partial charge in [0.25, 0.3) is 0 Å². The number of morpholine rings is 1. The van der Waals surface area contributed by atoms with Gasteiger partial charge in [0, 0.05) is 44.2 Å². The predicted octanol–water partition coefficient (Wildman–Crippen LogP) is 2.52. The van der Waals surface area contributed by atoms with Crippen LogP contribution in [0.5, 0.6) is 0 Å². The van der Waals surface area contributed by atoms with E-state index in [1.54, 1.807) is 12.1 Å². The Labute approximate surface area is 162 Å². The van der Waals surface area contributed by atoms with Gasteiger partial charge >= 0.3 is 0 Å². The van der Waals surface area contributed by atoms with Crippen molar-refractivity contribution in [1.82, 2.24) is 15.5 Å². The van der Waals surface area contributed by atoms with Gasteiger partial charge in [-0.05, 0) is 44.4 Å². The Kier molecular flexibility index (Phi) is 6.37. The Morgan fingerprint density at radius 3 is 2.41 bits per heavy atom. The topological polar surface area (TPSA) is 48.9 Å². The number of hydrogen-bond acceptors (Lipinski definition) is 3. The summed E-state index contributed by atoms with van der Waals surface area (Å²) in [5.41, 5.74) is 1.34. The maximum atomic E-state index is 13.3. The fourth-order valence-electron chi connectivity index (χ4n) is 4.03. The number of benzene rings is 1. The second-order valence-corrected chi connectivity index (χ2v) is 8.33. The molecule has 2 N–H and O–H groups in total. The van der Waals surface area contributed by atoms with Gasteiger partial charge < -0.3 is 15.4 Å². The lowest BCUT2D eigenvalue weighted by molar-refractivity contribution is -0.00834. The molecule has 1 heterocycles. The zero-order valence-electron chi connectivity index (χ0n) is 16.9. The minimum atomic E-state index is -0.177. The molecule has 3 rings (SSSR count). The maximum absolute atomic E-state index is 13.3. The van der Waals surface area contributed by atoms with E-state index < -0.39 is 0 Å². The van der Waals surface area contributed by atoms with Crippen LogP contribution >= 0.6 is 0 Å². The van der Waals surface area contributed by atoms with Gasteiger partial charge in [0.15, 0.2) is 5.96 Å². The highest BCUT2D eigenvalue weighted by atomic mass is 19.1. The molecule has 0 bridgehead atoms. The number of halogens is 1. The third kappa shape index (κ3) is 4.79. The van der Waals surface area contributed by atoms with Gasteiger partial charge in [0.1, 0.15) is 5.82 Å². The van der Waals surface area contributed by atoms with Crippen LogP contribution < -0.4 is 10.6 Å². The van der Waals surface area contributed by atoms with E-state index in [0.717, 1.165) is 58.2 Å². The summed E-state index contributed by atoms with van der Waals surface area (Å²) < 4.78 is 18.7. The molecular formula is C21H33FN4O. The number of rotatable bonds is 6. The van der Waals surface area contributed by atoms with E-state index >= 15 is 0 Å². The number of ether oxygens (including phenoxy) is 1. The normalized spacial score (nSPS) is 20.8. The van der Waals surface area contributed by atoms with Crippen LogP contribution in [-0.4, -0.2) is 62.8 Å². The Balaban J connectivity index is 1.54. The van der Waals surface area contributed by atoms with Gasteiger partial charge in [0.2, 0.25) is 0 Å². The smallest absolute Gasteiger partial charge is 0.191 e. The van der Waals surface area contributed by atoms with Crippen LogP contribution in [0, 0.1) is 5.82 Å². The molecule has 6 heteroatoms. The van der Waals surface area contributed by atoms with Crippen LogP contribution in [-0.2, 0) is 10.2 Å². The fraction of sp³-hybridized carbons (Fsp3) is 0.667. The molecule has 0 atom stereocenters. The van der Waals surface area contributed by atoms with Crippen molar-refractivity contribution in [2.75, 3.05) is 46.4 Å². The average molecular weight is 377 g/mol. The highest BCUT2D eigenvalue weighted by Crippen LogP contribution is 2.43. The molecule has 1 aromatic rings. The molecule has 1 aromatic carbocycles. The van der Waals surface area contributed by atoms with E-state index in [9.17, 15) is 4.39 Å². The molecule has 1 aliphatic carbocycles. The zero-order chi connectivity index (χ0) is 19.3. The molecule has 5 nitrogen and oxygen atoms in total. The van der Waals surface area contributed by atoms with Crippen molar-refractivity contribution < 1.29 is 9.13 Å². The van der Waals surface area contributed by atoms with E-state index in [0.29, 0.717) is 0 Å². The third-order valence-electron chi connectivity index (χ3n) is 6.14. The van der Waals surface area contributed by atoms with Gasteiger partial charge in [-0.1, -0.05) is 18.6 Å². The van der Waals surface area contributed by atoms with Crippen LogP contribution in [0.15, 0.2) is 29.3 Å². The van der Waals surface area contributed by atoms with Gasteiger partial charge in [-0.2, -0.15) is 0 Å². The van der Waals surface area contributed by atoms with Crippen molar-refractivity contribution in [3.63, 3.8) is 0 Å². The summed E-state index contributed by atoms with van der Waals surface area (Å²) in [4.78, 5) is 6.86. The lowest BCUT2D eigenvalue weighted by Crippen LogP contribution is -2.57. The van der Waals surface area contributed by atoms with Gasteiger partial charge in [-0.25, -0.2) is 4.39 Å². The first kappa shape index (κ1) is 20.1. The van der Waals surface area contributed by atoms with Gasteiger partial charge in [-0.15, -0.1) is 0 Å². The number of aliphatic imine (C=N–C) groups is 1. The molecule has 1 saturated carbocycles. The average Bonchev–Trinajstić information content (AvgIpc) is 2.65. The molecule has 150 valence electrons. The standard InChI is InChI=1S/C21H33FN4O/c1-20(2,26-11-13-27-14-12-26)15-24-19(23-3)25-16-21(9-4-10-21)17-5-7-18(22)8-6-17/h5-8H,4,9-16H2,1-3H3,(H2,23,24,25). The molecule has 2 fully saturated rings. The second kappa shape index (κ2) is 8.57. The summed E-state index contributed by atoms with van der Waals surface area (Å²) in [5, 5.41) is 6.99. The molecule has 0 spiro atoms. The first-order chi connectivity index (χ1) is 13.0. The van der Waals surface area contributed by atoms with Crippen molar-refractivity contribution in [3.05, 3.63) is 35.6 Å². The summed E-state index contributed by atoms with van der Waals surface area (Å²) in [6.45, 7) is 9.68. The molecule has 1 saturated heterocycles. The van der Waals surface area contributed by atoms with E-state index in [-0.39, 0.29) is 16.8 Å². The largest absolute Gasteiger partial charge is 0.379 e. The minimum absolute atomic E-state index is 0.0342. The summed E-state index contributed by atoms with van der Waals surface area (Å²) in [6.07, 6.45) is 3.47. The molecule has 0 aromatic heterocycles. The summed E-state index contributed by atoms with van der Waals surface area (Å²) in [6, 6.07) is 6.97. The Morgan fingerprint density at radius 2 is 1.85 bits per heavy atom. The quantitative estimate of drug-likeness (QED) is 0.592. The maximum Gasteiger partial charge on any atom is 0.191 e. The van der Waals surface area contributed by atoms with Gasteiger partial charge in [0.05, 0.1) is 13.2 Å².